The summed E-state index contributed by atoms with van der Waals surface area (Å²) >= 11 is 0. The van der Waals surface area contributed by atoms with Crippen LogP contribution in [0.2, 0.25) is 0 Å². The molecule has 1 fully saturated rings. The first-order chi connectivity index (χ1) is 18.0. The van der Waals surface area contributed by atoms with E-state index in [0.29, 0.717) is 37.0 Å². The Bertz CT molecular complexity index is 1320. The summed E-state index contributed by atoms with van der Waals surface area (Å²) in [5.74, 6) is -0.819. The van der Waals surface area contributed by atoms with Crippen molar-refractivity contribution in [2.45, 2.75) is 64.0 Å². The molecule has 0 bridgehead atoms. The molecule has 6 heteroatoms. The van der Waals surface area contributed by atoms with Crippen LogP contribution in [0.25, 0.3) is 6.08 Å². The Morgan fingerprint density at radius 3 is 2.51 bits per heavy atom. The molecule has 1 aliphatic heterocycles. The van der Waals surface area contributed by atoms with Gasteiger partial charge in [0.15, 0.2) is 17.4 Å². The summed E-state index contributed by atoms with van der Waals surface area (Å²) in [6.07, 6.45) is 8.87. The number of nitrogens with zero attached hydrogens (tertiary/aromatic N) is 2. The highest BCUT2D eigenvalue weighted by molar-refractivity contribution is 5.99. The molecule has 5 rings (SSSR count). The van der Waals surface area contributed by atoms with E-state index in [1.54, 1.807) is 6.07 Å². The highest BCUT2D eigenvalue weighted by Crippen LogP contribution is 2.38. The topological polar surface area (TPSA) is 43.6 Å². The van der Waals surface area contributed by atoms with Crippen LogP contribution in [0, 0.1) is 11.6 Å². The minimum atomic E-state index is -0.885. The molecular weight excluding hydrogens is 470 g/mol. The number of halogens is 2. The number of Topliss-reactive ketones (excluding diaryl/α,β-unsaturated/α-hetero) is 1. The average molecular weight is 503 g/mol. The second kappa shape index (κ2) is 11.2. The molecule has 1 atom stereocenters. The molecule has 2 aromatic carbocycles. The minimum Gasteiger partial charge on any atom is -0.476 e. The molecule has 0 N–H and O–H groups in total. The summed E-state index contributed by atoms with van der Waals surface area (Å²) in [6.45, 7) is 3.25. The van der Waals surface area contributed by atoms with Crippen molar-refractivity contribution in [1.82, 2.24) is 4.57 Å². The quantitative estimate of drug-likeness (QED) is 0.293. The number of ether oxygens (including phenoxy) is 1. The van der Waals surface area contributed by atoms with Gasteiger partial charge in [-0.25, -0.2) is 13.8 Å². The van der Waals surface area contributed by atoms with Crippen molar-refractivity contribution in [1.29, 1.82) is 0 Å². The Hall–Kier alpha value is -3.54. The van der Waals surface area contributed by atoms with E-state index in [0.717, 1.165) is 54.3 Å². The first kappa shape index (κ1) is 25.1. The van der Waals surface area contributed by atoms with Gasteiger partial charge in [-0.15, -0.1) is 0 Å². The van der Waals surface area contributed by atoms with Gasteiger partial charge in [0.25, 0.3) is 0 Å². The van der Waals surface area contributed by atoms with E-state index in [-0.39, 0.29) is 18.2 Å². The standard InChI is InChI=1S/C31H32F2N2O2/c1-21-20-37-30(34-21)16-13-25-18-26(29(36)15-12-22-11-14-27(32)28(33)17-22)31(24-9-5-6-10-24)35(25)19-23-7-3-2-4-8-23/h2-4,7-8,11,13-14,16-18,21,24H,5-6,9-10,12,15,19-20H2,1H3/b16-13+/t21-/m0/s1. The molecule has 0 unspecified atom stereocenters. The van der Waals surface area contributed by atoms with Gasteiger partial charge >= 0.3 is 0 Å². The number of carbonyl (C=O) groups excluding carboxylic acids is 1. The van der Waals surface area contributed by atoms with Crippen molar-refractivity contribution in [3.63, 3.8) is 0 Å². The average Bonchev–Trinajstić information content (AvgIpc) is 3.64. The van der Waals surface area contributed by atoms with E-state index < -0.39 is 11.6 Å². The lowest BCUT2D eigenvalue weighted by atomic mass is 9.95. The Balaban J connectivity index is 1.50. The number of aromatic nitrogens is 1. The third-order valence-electron chi connectivity index (χ3n) is 7.24. The Kier molecular flexibility index (Phi) is 7.63. The van der Waals surface area contributed by atoms with Gasteiger partial charge in [0.2, 0.25) is 5.90 Å². The van der Waals surface area contributed by atoms with Crippen LogP contribution in [0.3, 0.4) is 0 Å². The normalized spacial score (nSPS) is 17.9. The van der Waals surface area contributed by atoms with Gasteiger partial charge in [0.05, 0.1) is 6.04 Å². The van der Waals surface area contributed by atoms with Crippen molar-refractivity contribution < 1.29 is 18.3 Å². The number of carbonyl (C=O) groups is 1. The molecule has 0 amide bonds. The van der Waals surface area contributed by atoms with Crippen LogP contribution in [0.1, 0.15) is 77.8 Å². The highest BCUT2D eigenvalue weighted by Gasteiger charge is 2.28. The van der Waals surface area contributed by atoms with Gasteiger partial charge < -0.3 is 9.30 Å². The van der Waals surface area contributed by atoms with Crippen LogP contribution >= 0.6 is 0 Å². The maximum absolute atomic E-state index is 13.7. The Morgan fingerprint density at radius 2 is 1.81 bits per heavy atom. The van der Waals surface area contributed by atoms with Crippen molar-refractivity contribution in [2.24, 2.45) is 4.99 Å². The first-order valence-electron chi connectivity index (χ1n) is 13.1. The minimum absolute atomic E-state index is 0.0242. The third-order valence-corrected chi connectivity index (χ3v) is 7.24. The lowest BCUT2D eigenvalue weighted by molar-refractivity contribution is 0.0981. The maximum atomic E-state index is 13.7. The molecule has 3 aromatic rings. The second-order valence-electron chi connectivity index (χ2n) is 10.1. The number of hydrogen-bond acceptors (Lipinski definition) is 3. The number of hydrogen-bond donors (Lipinski definition) is 0. The lowest BCUT2D eigenvalue weighted by Gasteiger charge is -2.18. The largest absolute Gasteiger partial charge is 0.476 e. The molecule has 1 aromatic heterocycles. The summed E-state index contributed by atoms with van der Waals surface area (Å²) in [4.78, 5) is 18.1. The SMILES string of the molecule is C[C@H]1COC(/C=C/c2cc(C(=O)CCc3ccc(F)c(F)c3)c(C3CCCC3)n2Cc2ccccc2)=N1. The van der Waals surface area contributed by atoms with Crippen molar-refractivity contribution in [3.05, 3.63) is 100 Å². The van der Waals surface area contributed by atoms with Crippen LogP contribution in [0.15, 0.2) is 65.7 Å². The number of aliphatic imine (C=N–C) groups is 1. The molecule has 1 saturated carbocycles. The van der Waals surface area contributed by atoms with Crippen LogP contribution < -0.4 is 0 Å². The molecule has 0 saturated heterocycles. The monoisotopic (exact) mass is 502 g/mol. The van der Waals surface area contributed by atoms with Crippen molar-refractivity contribution in [2.75, 3.05) is 6.61 Å². The van der Waals surface area contributed by atoms with Crippen LogP contribution in [0.5, 0.6) is 0 Å². The molecule has 4 nitrogen and oxygen atoms in total. The van der Waals surface area contributed by atoms with Gasteiger partial charge in [-0.3, -0.25) is 4.79 Å². The molecule has 0 spiro atoms. The van der Waals surface area contributed by atoms with E-state index in [2.05, 4.69) is 21.7 Å². The van der Waals surface area contributed by atoms with Gasteiger partial charge in [0.1, 0.15) is 6.61 Å². The van der Waals surface area contributed by atoms with Crippen LogP contribution in [0.4, 0.5) is 8.78 Å². The zero-order chi connectivity index (χ0) is 25.8. The fourth-order valence-corrected chi connectivity index (χ4v) is 5.36. The summed E-state index contributed by atoms with van der Waals surface area (Å²) < 4.78 is 35.0. The highest BCUT2D eigenvalue weighted by atomic mass is 19.2. The van der Waals surface area contributed by atoms with E-state index in [4.69, 9.17) is 4.74 Å². The first-order valence-corrected chi connectivity index (χ1v) is 13.1. The number of benzene rings is 2. The predicted molar refractivity (Wildman–Crippen MR) is 142 cm³/mol. The molecule has 1 aliphatic carbocycles. The van der Waals surface area contributed by atoms with E-state index in [9.17, 15) is 13.6 Å². The predicted octanol–water partition coefficient (Wildman–Crippen LogP) is 7.12. The van der Waals surface area contributed by atoms with Crippen molar-refractivity contribution in [3.8, 4) is 0 Å². The second-order valence-corrected chi connectivity index (χ2v) is 10.1. The Labute approximate surface area is 216 Å². The summed E-state index contributed by atoms with van der Waals surface area (Å²) in [5.41, 5.74) is 4.53. The summed E-state index contributed by atoms with van der Waals surface area (Å²) in [6, 6.07) is 16.2. The van der Waals surface area contributed by atoms with Crippen LogP contribution in [-0.4, -0.2) is 28.9 Å². The third kappa shape index (κ3) is 5.90. The lowest BCUT2D eigenvalue weighted by Crippen LogP contribution is -2.13. The molecule has 0 radical (unpaired) electrons. The van der Waals surface area contributed by atoms with Gasteiger partial charge in [-0.05, 0) is 67.5 Å². The fourth-order valence-electron chi connectivity index (χ4n) is 5.36. The number of ketones is 1. The molecule has 2 heterocycles. The fraction of sp³-hybridized carbons (Fsp3) is 0.355. The van der Waals surface area contributed by atoms with Gasteiger partial charge in [-0.1, -0.05) is 49.2 Å². The number of aryl methyl sites for hydroxylation is 1. The van der Waals surface area contributed by atoms with Gasteiger partial charge in [0, 0.05) is 36.0 Å². The van der Waals surface area contributed by atoms with Crippen molar-refractivity contribution >= 4 is 17.8 Å². The Morgan fingerprint density at radius 1 is 1.03 bits per heavy atom. The van der Waals surface area contributed by atoms with E-state index in [1.165, 1.54) is 6.07 Å². The summed E-state index contributed by atoms with van der Waals surface area (Å²) in [7, 11) is 0. The van der Waals surface area contributed by atoms with Gasteiger partial charge in [-0.2, -0.15) is 0 Å². The smallest absolute Gasteiger partial charge is 0.209 e. The zero-order valence-corrected chi connectivity index (χ0v) is 21.1. The van der Waals surface area contributed by atoms with E-state index >= 15 is 0 Å². The maximum Gasteiger partial charge on any atom is 0.209 e. The number of rotatable bonds is 9. The molecule has 2 aliphatic rings. The zero-order valence-electron chi connectivity index (χ0n) is 21.1. The molecule has 37 heavy (non-hydrogen) atoms. The van der Waals surface area contributed by atoms with Crippen LogP contribution in [-0.2, 0) is 17.7 Å². The summed E-state index contributed by atoms with van der Waals surface area (Å²) in [5, 5.41) is 0. The van der Waals surface area contributed by atoms with E-state index in [1.807, 2.05) is 43.3 Å². The molecule has 192 valence electrons. The molecular formula is C31H32F2N2O2.